The predicted molar refractivity (Wildman–Crippen MR) is 84.4 cm³/mol. The molecule has 0 bridgehead atoms. The molecule has 1 aromatic carbocycles. The highest BCUT2D eigenvalue weighted by Crippen LogP contribution is 2.25. The molecule has 1 unspecified atom stereocenters. The minimum absolute atomic E-state index is 0.00432. The molecular weight excluding hydrogens is 282 g/mol. The molecule has 1 aliphatic carbocycles. The van der Waals surface area contributed by atoms with Crippen LogP contribution in [0.3, 0.4) is 0 Å². The van der Waals surface area contributed by atoms with Crippen molar-refractivity contribution in [3.8, 4) is 0 Å². The molecule has 0 aliphatic heterocycles. The van der Waals surface area contributed by atoms with Crippen LogP contribution in [-0.4, -0.2) is 28.9 Å². The molecule has 2 aromatic rings. The number of rotatable bonds is 3. The summed E-state index contributed by atoms with van der Waals surface area (Å²) < 4.78 is 0. The molecule has 0 radical (unpaired) electrons. The van der Waals surface area contributed by atoms with Crippen LogP contribution in [0.25, 0.3) is 0 Å². The number of amides is 1. The largest absolute Gasteiger partial charge is 0.337 e. The van der Waals surface area contributed by atoms with Crippen LogP contribution in [0.15, 0.2) is 29.6 Å². The lowest BCUT2D eigenvalue weighted by atomic mass is 9.87. The zero-order valence-corrected chi connectivity index (χ0v) is 12.9. The van der Waals surface area contributed by atoms with Crippen molar-refractivity contribution in [3.05, 3.63) is 51.5 Å². The van der Waals surface area contributed by atoms with E-state index in [1.807, 2.05) is 11.9 Å². The number of hydrogen-bond acceptors (Lipinski definition) is 4. The minimum atomic E-state index is -0.00432. The van der Waals surface area contributed by atoms with E-state index in [1.54, 1.807) is 5.38 Å². The molecule has 5 heteroatoms. The molecule has 1 aliphatic rings. The van der Waals surface area contributed by atoms with E-state index in [-0.39, 0.29) is 11.9 Å². The van der Waals surface area contributed by atoms with Crippen LogP contribution in [0.4, 0.5) is 0 Å². The molecule has 4 nitrogen and oxygen atoms in total. The van der Waals surface area contributed by atoms with Crippen molar-refractivity contribution in [1.82, 2.24) is 9.88 Å². The average Bonchev–Trinajstić information content (AvgIpc) is 3.02. The number of likely N-dealkylation sites (N-methyl/N-ethyl adjacent to an activating group) is 1. The van der Waals surface area contributed by atoms with Crippen molar-refractivity contribution in [2.24, 2.45) is 5.73 Å². The topological polar surface area (TPSA) is 59.2 Å². The second kappa shape index (κ2) is 5.95. The lowest BCUT2D eigenvalue weighted by molar-refractivity contribution is 0.0713. The molecule has 2 N–H and O–H groups in total. The number of hydrogen-bond donors (Lipinski definition) is 1. The highest BCUT2D eigenvalue weighted by Gasteiger charge is 2.26. The van der Waals surface area contributed by atoms with Gasteiger partial charge >= 0.3 is 0 Å². The Morgan fingerprint density at radius 1 is 1.43 bits per heavy atom. The van der Waals surface area contributed by atoms with Gasteiger partial charge in [0.05, 0.1) is 0 Å². The number of aryl methyl sites for hydroxylation is 1. The second-order valence-electron chi connectivity index (χ2n) is 5.41. The van der Waals surface area contributed by atoms with Crippen molar-refractivity contribution in [2.45, 2.75) is 31.8 Å². The van der Waals surface area contributed by atoms with E-state index < -0.39 is 0 Å². The fourth-order valence-corrected chi connectivity index (χ4v) is 3.51. The minimum Gasteiger partial charge on any atom is -0.337 e. The number of aromatic nitrogens is 1. The highest BCUT2D eigenvalue weighted by molar-refractivity contribution is 7.09. The van der Waals surface area contributed by atoms with Gasteiger partial charge in [0.2, 0.25) is 0 Å². The van der Waals surface area contributed by atoms with Crippen LogP contribution >= 0.6 is 11.3 Å². The molecule has 1 atom stereocenters. The number of nitrogens with zero attached hydrogens (tertiary/aromatic N) is 2. The Kier molecular flexibility index (Phi) is 4.03. The predicted octanol–water partition coefficient (Wildman–Crippen LogP) is 2.23. The molecule has 3 rings (SSSR count). The Labute approximate surface area is 128 Å². The number of nitrogens with two attached hydrogens (primary N) is 1. The molecule has 0 fully saturated rings. The fourth-order valence-electron chi connectivity index (χ4n) is 2.86. The first-order valence-electron chi connectivity index (χ1n) is 7.17. The van der Waals surface area contributed by atoms with E-state index in [2.05, 4.69) is 29.2 Å². The Morgan fingerprint density at radius 2 is 2.19 bits per heavy atom. The van der Waals surface area contributed by atoms with Crippen molar-refractivity contribution in [3.63, 3.8) is 0 Å². The first-order valence-corrected chi connectivity index (χ1v) is 8.05. The van der Waals surface area contributed by atoms with Gasteiger partial charge in [-0.2, -0.15) is 0 Å². The van der Waals surface area contributed by atoms with Gasteiger partial charge in [0, 0.05) is 25.0 Å². The Morgan fingerprint density at radius 3 is 2.90 bits per heavy atom. The highest BCUT2D eigenvalue weighted by atomic mass is 32.1. The van der Waals surface area contributed by atoms with Crippen LogP contribution in [0, 0.1) is 0 Å². The zero-order chi connectivity index (χ0) is 14.8. The zero-order valence-electron chi connectivity index (χ0n) is 12.1. The van der Waals surface area contributed by atoms with Crippen LogP contribution < -0.4 is 5.73 Å². The monoisotopic (exact) mass is 301 g/mol. The average molecular weight is 301 g/mol. The summed E-state index contributed by atoms with van der Waals surface area (Å²) in [5.41, 5.74) is 8.84. The number of carbonyl (C=O) groups excluding carboxylic acids is 1. The van der Waals surface area contributed by atoms with Gasteiger partial charge < -0.3 is 10.6 Å². The molecule has 110 valence electrons. The number of fused-ring (bicyclic) bond motifs is 1. The molecule has 1 amide bonds. The van der Waals surface area contributed by atoms with E-state index in [1.165, 1.54) is 22.5 Å². The first-order chi connectivity index (χ1) is 10.2. The standard InChI is InChI=1S/C16H19N3OS/c1-19(16(20)14-10-21-15(9-17)18-14)13-7-6-11-4-2-3-5-12(11)8-13/h2-5,10,13H,6-9,17H2,1H3. The maximum Gasteiger partial charge on any atom is 0.273 e. The SMILES string of the molecule is CN(C(=O)c1csc(CN)n1)C1CCc2ccccc2C1. The smallest absolute Gasteiger partial charge is 0.273 e. The summed E-state index contributed by atoms with van der Waals surface area (Å²) in [5, 5.41) is 2.61. The van der Waals surface area contributed by atoms with Gasteiger partial charge in [0.1, 0.15) is 10.7 Å². The molecule has 0 saturated heterocycles. The maximum absolute atomic E-state index is 12.5. The van der Waals surface area contributed by atoms with Gasteiger partial charge in [0.15, 0.2) is 0 Å². The van der Waals surface area contributed by atoms with Gasteiger partial charge in [-0.1, -0.05) is 24.3 Å². The van der Waals surface area contributed by atoms with Crippen LogP contribution in [-0.2, 0) is 19.4 Å². The summed E-state index contributed by atoms with van der Waals surface area (Å²) in [6.45, 7) is 0.387. The molecule has 1 aromatic heterocycles. The van der Waals surface area contributed by atoms with Crippen molar-refractivity contribution in [2.75, 3.05) is 7.05 Å². The molecule has 1 heterocycles. The Hall–Kier alpha value is -1.72. The quantitative estimate of drug-likeness (QED) is 0.946. The molecule has 21 heavy (non-hydrogen) atoms. The van der Waals surface area contributed by atoms with E-state index in [0.717, 1.165) is 24.3 Å². The van der Waals surface area contributed by atoms with Gasteiger partial charge in [0.25, 0.3) is 5.91 Å². The third kappa shape index (κ3) is 2.84. The normalized spacial score (nSPS) is 17.3. The van der Waals surface area contributed by atoms with Gasteiger partial charge in [-0.15, -0.1) is 11.3 Å². The number of benzene rings is 1. The summed E-state index contributed by atoms with van der Waals surface area (Å²) in [6.07, 6.45) is 2.96. The van der Waals surface area contributed by atoms with Gasteiger partial charge in [-0.25, -0.2) is 4.98 Å². The molecular formula is C16H19N3OS. The Bertz CT molecular complexity index is 652. The summed E-state index contributed by atoms with van der Waals surface area (Å²) >= 11 is 1.45. The summed E-state index contributed by atoms with van der Waals surface area (Å²) in [7, 11) is 1.88. The summed E-state index contributed by atoms with van der Waals surface area (Å²) in [6, 6.07) is 8.74. The van der Waals surface area contributed by atoms with E-state index in [0.29, 0.717) is 12.2 Å². The second-order valence-corrected chi connectivity index (χ2v) is 6.35. The van der Waals surface area contributed by atoms with E-state index in [4.69, 9.17) is 5.73 Å². The number of carbonyl (C=O) groups is 1. The summed E-state index contributed by atoms with van der Waals surface area (Å²) in [4.78, 5) is 18.6. The first kappa shape index (κ1) is 14.2. The Balaban J connectivity index is 1.74. The number of thiazole rings is 1. The van der Waals surface area contributed by atoms with E-state index in [9.17, 15) is 4.79 Å². The lowest BCUT2D eigenvalue weighted by Crippen LogP contribution is -2.40. The molecule has 0 spiro atoms. The third-order valence-corrected chi connectivity index (χ3v) is 5.01. The van der Waals surface area contributed by atoms with Crippen LogP contribution in [0.2, 0.25) is 0 Å². The van der Waals surface area contributed by atoms with E-state index >= 15 is 0 Å². The summed E-state index contributed by atoms with van der Waals surface area (Å²) in [5.74, 6) is -0.00432. The third-order valence-electron chi connectivity index (χ3n) is 4.13. The lowest BCUT2D eigenvalue weighted by Gasteiger charge is -2.32. The maximum atomic E-state index is 12.5. The van der Waals surface area contributed by atoms with Crippen LogP contribution in [0.5, 0.6) is 0 Å². The van der Waals surface area contributed by atoms with Crippen molar-refractivity contribution in [1.29, 1.82) is 0 Å². The fraction of sp³-hybridized carbons (Fsp3) is 0.375. The van der Waals surface area contributed by atoms with Gasteiger partial charge in [-0.3, -0.25) is 4.79 Å². The van der Waals surface area contributed by atoms with Crippen molar-refractivity contribution < 1.29 is 4.79 Å². The van der Waals surface area contributed by atoms with Crippen molar-refractivity contribution >= 4 is 17.2 Å². The van der Waals surface area contributed by atoms with Gasteiger partial charge in [-0.05, 0) is 30.4 Å². The van der Waals surface area contributed by atoms with Crippen LogP contribution in [0.1, 0.15) is 33.0 Å². The molecule has 0 saturated carbocycles.